The van der Waals surface area contributed by atoms with Crippen molar-refractivity contribution in [2.24, 2.45) is 0 Å². The quantitative estimate of drug-likeness (QED) is 0.573. The van der Waals surface area contributed by atoms with Crippen LogP contribution in [0.2, 0.25) is 0 Å². The number of rotatable bonds is 8. The van der Waals surface area contributed by atoms with Gasteiger partial charge < -0.3 is 20.1 Å². The van der Waals surface area contributed by atoms with Crippen LogP contribution >= 0.6 is 0 Å². The van der Waals surface area contributed by atoms with Gasteiger partial charge in [0, 0.05) is 18.4 Å². The first kappa shape index (κ1) is 20.5. The summed E-state index contributed by atoms with van der Waals surface area (Å²) in [6, 6.07) is 12.1. The van der Waals surface area contributed by atoms with Crippen molar-refractivity contribution in [2.45, 2.75) is 27.2 Å². The normalized spacial score (nSPS) is 10.5. The number of hydrogen-bond acceptors (Lipinski definition) is 6. The fourth-order valence-corrected chi connectivity index (χ4v) is 3.37. The van der Waals surface area contributed by atoms with Crippen molar-refractivity contribution in [1.29, 1.82) is 0 Å². The van der Waals surface area contributed by atoms with Crippen LogP contribution in [0, 0.1) is 20.8 Å². The van der Waals surface area contributed by atoms with Crippen molar-refractivity contribution >= 4 is 17.5 Å². The standard InChI is InChI=1S/C23H28N4O2/c1-15-12-16(2)22(17(3)13-15)26-21-9-11-25-23(27-21)24-10-8-18-6-7-19(28-4)20(14-18)29-5/h6-7,9,11-14H,8,10H2,1-5H3,(H2,24,25,26,27). The molecule has 0 atom stereocenters. The zero-order chi connectivity index (χ0) is 20.8. The van der Waals surface area contributed by atoms with E-state index in [1.165, 1.54) is 16.7 Å². The lowest BCUT2D eigenvalue weighted by molar-refractivity contribution is 0.354. The van der Waals surface area contributed by atoms with Crippen molar-refractivity contribution in [3.8, 4) is 11.5 Å². The van der Waals surface area contributed by atoms with Crippen LogP contribution in [0.4, 0.5) is 17.5 Å². The van der Waals surface area contributed by atoms with Crippen LogP contribution in [-0.2, 0) is 6.42 Å². The molecule has 0 aliphatic heterocycles. The van der Waals surface area contributed by atoms with Crippen LogP contribution in [0.15, 0.2) is 42.6 Å². The number of aromatic nitrogens is 2. The third kappa shape index (κ3) is 5.16. The molecule has 2 N–H and O–H groups in total. The molecule has 2 aromatic carbocycles. The third-order valence-electron chi connectivity index (χ3n) is 4.73. The summed E-state index contributed by atoms with van der Waals surface area (Å²) in [5, 5.41) is 6.71. The van der Waals surface area contributed by atoms with Gasteiger partial charge in [-0.3, -0.25) is 0 Å². The van der Waals surface area contributed by atoms with Crippen LogP contribution in [0.3, 0.4) is 0 Å². The van der Waals surface area contributed by atoms with Gasteiger partial charge in [-0.05, 0) is 62.1 Å². The van der Waals surface area contributed by atoms with E-state index in [9.17, 15) is 0 Å². The molecule has 0 aliphatic carbocycles. The highest BCUT2D eigenvalue weighted by atomic mass is 16.5. The maximum atomic E-state index is 5.36. The van der Waals surface area contributed by atoms with E-state index in [2.05, 4.69) is 53.5 Å². The summed E-state index contributed by atoms with van der Waals surface area (Å²) in [4.78, 5) is 8.91. The predicted molar refractivity (Wildman–Crippen MR) is 118 cm³/mol. The van der Waals surface area contributed by atoms with Crippen molar-refractivity contribution in [2.75, 3.05) is 31.4 Å². The number of ether oxygens (including phenoxy) is 2. The highest BCUT2D eigenvalue weighted by Crippen LogP contribution is 2.28. The van der Waals surface area contributed by atoms with Gasteiger partial charge in [-0.1, -0.05) is 23.8 Å². The monoisotopic (exact) mass is 392 g/mol. The number of anilines is 3. The van der Waals surface area contributed by atoms with Gasteiger partial charge in [0.15, 0.2) is 11.5 Å². The summed E-state index contributed by atoms with van der Waals surface area (Å²) in [6.45, 7) is 7.02. The summed E-state index contributed by atoms with van der Waals surface area (Å²) in [7, 11) is 3.28. The molecule has 0 saturated heterocycles. The molecule has 0 aliphatic rings. The van der Waals surface area contributed by atoms with E-state index in [0.29, 0.717) is 12.5 Å². The SMILES string of the molecule is COc1ccc(CCNc2nccc(Nc3c(C)cc(C)cc3C)n2)cc1OC. The minimum absolute atomic E-state index is 0.595. The van der Waals surface area contributed by atoms with Crippen LogP contribution in [0.5, 0.6) is 11.5 Å². The minimum atomic E-state index is 0.595. The smallest absolute Gasteiger partial charge is 0.224 e. The van der Waals surface area contributed by atoms with E-state index >= 15 is 0 Å². The lowest BCUT2D eigenvalue weighted by Crippen LogP contribution is -2.09. The van der Waals surface area contributed by atoms with Gasteiger partial charge >= 0.3 is 0 Å². The third-order valence-corrected chi connectivity index (χ3v) is 4.73. The maximum Gasteiger partial charge on any atom is 0.224 e. The molecule has 0 fully saturated rings. The minimum Gasteiger partial charge on any atom is -0.493 e. The predicted octanol–water partition coefficient (Wildman–Crippen LogP) is 4.82. The Labute approximate surface area is 172 Å². The molecule has 1 aromatic heterocycles. The molecule has 152 valence electrons. The zero-order valence-corrected chi connectivity index (χ0v) is 17.7. The molecular formula is C23H28N4O2. The first-order chi connectivity index (χ1) is 14.0. The number of nitrogens with one attached hydrogen (secondary N) is 2. The number of aryl methyl sites for hydroxylation is 3. The van der Waals surface area contributed by atoms with Gasteiger partial charge in [-0.25, -0.2) is 4.98 Å². The summed E-state index contributed by atoms with van der Waals surface area (Å²) in [5.41, 5.74) is 5.89. The summed E-state index contributed by atoms with van der Waals surface area (Å²) in [5.74, 6) is 2.82. The van der Waals surface area contributed by atoms with E-state index < -0.39 is 0 Å². The van der Waals surface area contributed by atoms with Crippen LogP contribution in [0.1, 0.15) is 22.3 Å². The van der Waals surface area contributed by atoms with E-state index in [1.54, 1.807) is 20.4 Å². The Hall–Kier alpha value is -3.28. The topological polar surface area (TPSA) is 68.3 Å². The molecule has 0 bridgehead atoms. The zero-order valence-electron chi connectivity index (χ0n) is 17.7. The largest absolute Gasteiger partial charge is 0.493 e. The lowest BCUT2D eigenvalue weighted by Gasteiger charge is -2.14. The fourth-order valence-electron chi connectivity index (χ4n) is 3.37. The van der Waals surface area contributed by atoms with E-state index in [0.717, 1.165) is 35.0 Å². The van der Waals surface area contributed by atoms with Gasteiger partial charge in [-0.15, -0.1) is 0 Å². The van der Waals surface area contributed by atoms with E-state index in [-0.39, 0.29) is 0 Å². The lowest BCUT2D eigenvalue weighted by atomic mass is 10.1. The maximum absolute atomic E-state index is 5.36. The molecule has 0 unspecified atom stereocenters. The van der Waals surface area contributed by atoms with Crippen LogP contribution < -0.4 is 20.1 Å². The molecule has 0 saturated carbocycles. The summed E-state index contributed by atoms with van der Waals surface area (Å²) >= 11 is 0. The van der Waals surface area contributed by atoms with Crippen molar-refractivity contribution in [3.05, 3.63) is 64.8 Å². The number of benzene rings is 2. The Bertz CT molecular complexity index is 965. The Morgan fingerprint density at radius 2 is 1.62 bits per heavy atom. The first-order valence-corrected chi connectivity index (χ1v) is 9.63. The number of methoxy groups -OCH3 is 2. The molecular weight excluding hydrogens is 364 g/mol. The Morgan fingerprint density at radius 3 is 2.31 bits per heavy atom. The van der Waals surface area contributed by atoms with Crippen LogP contribution in [-0.4, -0.2) is 30.7 Å². The molecule has 6 nitrogen and oxygen atoms in total. The van der Waals surface area contributed by atoms with Gasteiger partial charge in [0.05, 0.1) is 14.2 Å². The molecule has 3 rings (SSSR count). The Morgan fingerprint density at radius 1 is 0.897 bits per heavy atom. The van der Waals surface area contributed by atoms with Crippen molar-refractivity contribution in [1.82, 2.24) is 9.97 Å². The van der Waals surface area contributed by atoms with E-state index in [4.69, 9.17) is 9.47 Å². The Balaban J connectivity index is 1.63. The number of hydrogen-bond donors (Lipinski definition) is 2. The summed E-state index contributed by atoms with van der Waals surface area (Å²) < 4.78 is 10.6. The fraction of sp³-hybridized carbons (Fsp3) is 0.304. The second kappa shape index (κ2) is 9.28. The van der Waals surface area contributed by atoms with Gasteiger partial charge in [0.1, 0.15) is 5.82 Å². The average Bonchev–Trinajstić information content (AvgIpc) is 2.71. The molecule has 0 radical (unpaired) electrons. The van der Waals surface area contributed by atoms with E-state index in [1.807, 2.05) is 24.3 Å². The van der Waals surface area contributed by atoms with Crippen molar-refractivity contribution < 1.29 is 9.47 Å². The first-order valence-electron chi connectivity index (χ1n) is 9.63. The highest BCUT2D eigenvalue weighted by Gasteiger charge is 2.07. The van der Waals surface area contributed by atoms with Crippen LogP contribution in [0.25, 0.3) is 0 Å². The molecule has 3 aromatic rings. The second-order valence-corrected chi connectivity index (χ2v) is 7.03. The van der Waals surface area contributed by atoms with Crippen molar-refractivity contribution in [3.63, 3.8) is 0 Å². The second-order valence-electron chi connectivity index (χ2n) is 7.03. The highest BCUT2D eigenvalue weighted by molar-refractivity contribution is 5.65. The molecule has 0 spiro atoms. The summed E-state index contributed by atoms with van der Waals surface area (Å²) in [6.07, 6.45) is 2.57. The molecule has 1 heterocycles. The average molecular weight is 393 g/mol. The molecule has 29 heavy (non-hydrogen) atoms. The van der Waals surface area contributed by atoms with Gasteiger partial charge in [0.2, 0.25) is 5.95 Å². The van der Waals surface area contributed by atoms with Gasteiger partial charge in [-0.2, -0.15) is 4.98 Å². The number of nitrogens with zero attached hydrogens (tertiary/aromatic N) is 2. The molecule has 0 amide bonds. The Kier molecular flexibility index (Phi) is 6.54. The van der Waals surface area contributed by atoms with Gasteiger partial charge in [0.25, 0.3) is 0 Å². The molecule has 6 heteroatoms.